The summed E-state index contributed by atoms with van der Waals surface area (Å²) in [4.78, 5) is 37.1. The first kappa shape index (κ1) is 16.3. The number of carbonyl (C=O) groups excluding carboxylic acids is 2. The molecule has 0 saturated heterocycles. The lowest BCUT2D eigenvalue weighted by atomic mass is 10.2. The number of carboxylic acid groups (broad SMARTS) is 1. The van der Waals surface area contributed by atoms with Crippen molar-refractivity contribution in [2.45, 2.75) is 38.6 Å². The molecular weight excluding hydrogens is 264 g/mol. The van der Waals surface area contributed by atoms with Gasteiger partial charge in [0, 0.05) is 13.1 Å². The maximum Gasteiger partial charge on any atom is 0.325 e. The van der Waals surface area contributed by atoms with Crippen molar-refractivity contribution in [3.05, 3.63) is 0 Å². The van der Waals surface area contributed by atoms with Crippen LogP contribution in [0, 0.1) is 0 Å². The van der Waals surface area contributed by atoms with Crippen LogP contribution in [0.3, 0.4) is 0 Å². The number of aliphatic carboxylic acids is 1. The number of hydrogen-bond donors (Lipinski definition) is 1. The van der Waals surface area contributed by atoms with Crippen molar-refractivity contribution in [1.29, 1.82) is 0 Å². The Kier molecular flexibility index (Phi) is 6.27. The zero-order chi connectivity index (χ0) is 15.1. The third-order valence-electron chi connectivity index (χ3n) is 3.31. The van der Waals surface area contributed by atoms with Crippen molar-refractivity contribution >= 4 is 18.0 Å². The van der Waals surface area contributed by atoms with Crippen LogP contribution in [-0.2, 0) is 14.3 Å². The molecule has 0 heterocycles. The second-order valence-electron chi connectivity index (χ2n) is 4.90. The lowest BCUT2D eigenvalue weighted by Crippen LogP contribution is -2.49. The van der Waals surface area contributed by atoms with E-state index < -0.39 is 18.0 Å². The minimum atomic E-state index is -1.05. The number of hydrogen-bond acceptors (Lipinski definition) is 4. The summed E-state index contributed by atoms with van der Waals surface area (Å²) < 4.78 is 4.78. The van der Waals surface area contributed by atoms with Crippen LogP contribution in [-0.4, -0.2) is 65.7 Å². The number of amides is 2. The number of rotatable bonds is 6. The molecule has 0 atom stereocenters. The number of likely N-dealkylation sites (N-methyl/N-ethyl adjacent to an activating group) is 1. The first-order valence-corrected chi connectivity index (χ1v) is 6.84. The van der Waals surface area contributed by atoms with Gasteiger partial charge in [0.1, 0.15) is 13.1 Å². The van der Waals surface area contributed by atoms with Gasteiger partial charge in [-0.3, -0.25) is 9.59 Å². The van der Waals surface area contributed by atoms with Crippen LogP contribution in [0.5, 0.6) is 0 Å². The summed E-state index contributed by atoms with van der Waals surface area (Å²) in [5.74, 6) is -1.54. The minimum Gasteiger partial charge on any atom is -0.480 e. The van der Waals surface area contributed by atoms with Crippen LogP contribution in [0.25, 0.3) is 0 Å². The zero-order valence-corrected chi connectivity index (χ0v) is 12.0. The Hall–Kier alpha value is -1.79. The fourth-order valence-electron chi connectivity index (χ4n) is 2.40. The summed E-state index contributed by atoms with van der Waals surface area (Å²) in [7, 11) is 1.48. The second-order valence-corrected chi connectivity index (χ2v) is 4.90. The minimum absolute atomic E-state index is 0.0526. The van der Waals surface area contributed by atoms with Gasteiger partial charge in [-0.2, -0.15) is 0 Å². The molecule has 20 heavy (non-hydrogen) atoms. The predicted octanol–water partition coefficient (Wildman–Crippen LogP) is 0.931. The molecule has 114 valence electrons. The molecule has 0 unspecified atom stereocenters. The second kappa shape index (κ2) is 7.72. The van der Waals surface area contributed by atoms with E-state index in [9.17, 15) is 14.4 Å². The molecule has 7 heteroatoms. The largest absolute Gasteiger partial charge is 0.480 e. The highest BCUT2D eigenvalue weighted by molar-refractivity contribution is 5.83. The highest BCUT2D eigenvalue weighted by Gasteiger charge is 2.30. The van der Waals surface area contributed by atoms with Gasteiger partial charge in [-0.05, 0) is 19.8 Å². The molecule has 0 bridgehead atoms. The van der Waals surface area contributed by atoms with E-state index in [1.807, 2.05) is 0 Å². The van der Waals surface area contributed by atoms with Gasteiger partial charge in [0.2, 0.25) is 0 Å². The van der Waals surface area contributed by atoms with Crippen molar-refractivity contribution in [3.8, 4) is 0 Å². The normalized spacial score (nSPS) is 14.9. The standard InChI is InChI=1S/C13H22N2O5/c1-3-20-12(18)9-14(2)13(19)15(8-11(16)17)10-6-4-5-7-10/h10H,3-9H2,1-2H3,(H,16,17). The third kappa shape index (κ3) is 4.71. The average molecular weight is 286 g/mol. The fourth-order valence-corrected chi connectivity index (χ4v) is 2.40. The van der Waals surface area contributed by atoms with Crippen molar-refractivity contribution in [1.82, 2.24) is 9.80 Å². The average Bonchev–Trinajstić information content (AvgIpc) is 2.88. The number of carboxylic acids is 1. The van der Waals surface area contributed by atoms with Gasteiger partial charge < -0.3 is 19.6 Å². The summed E-state index contributed by atoms with van der Waals surface area (Å²) in [6.45, 7) is 1.43. The maximum absolute atomic E-state index is 12.3. The van der Waals surface area contributed by atoms with E-state index in [0.29, 0.717) is 0 Å². The molecule has 0 aromatic carbocycles. The first-order valence-electron chi connectivity index (χ1n) is 6.84. The van der Waals surface area contributed by atoms with Gasteiger partial charge >= 0.3 is 18.0 Å². The van der Waals surface area contributed by atoms with Gasteiger partial charge in [0.05, 0.1) is 6.61 Å². The summed E-state index contributed by atoms with van der Waals surface area (Å²) >= 11 is 0. The van der Waals surface area contributed by atoms with Crippen molar-refractivity contribution < 1.29 is 24.2 Å². The predicted molar refractivity (Wildman–Crippen MR) is 71.3 cm³/mol. The maximum atomic E-state index is 12.3. The smallest absolute Gasteiger partial charge is 0.325 e. The molecule has 1 N–H and O–H groups in total. The molecule has 0 aliphatic heterocycles. The van der Waals surface area contributed by atoms with Crippen LogP contribution in [0.15, 0.2) is 0 Å². The quantitative estimate of drug-likeness (QED) is 0.734. The molecule has 1 saturated carbocycles. The number of urea groups is 1. The summed E-state index contributed by atoms with van der Waals surface area (Å²) in [6.07, 6.45) is 3.61. The van der Waals surface area contributed by atoms with E-state index in [4.69, 9.17) is 9.84 Å². The first-order chi connectivity index (χ1) is 9.45. The van der Waals surface area contributed by atoms with E-state index in [0.717, 1.165) is 25.7 Å². The SMILES string of the molecule is CCOC(=O)CN(C)C(=O)N(CC(=O)O)C1CCCC1. The van der Waals surface area contributed by atoms with E-state index in [2.05, 4.69) is 0 Å². The van der Waals surface area contributed by atoms with Crippen LogP contribution >= 0.6 is 0 Å². The Morgan fingerprint density at radius 1 is 1.20 bits per heavy atom. The van der Waals surface area contributed by atoms with Crippen molar-refractivity contribution in [3.63, 3.8) is 0 Å². The Labute approximate surface area is 118 Å². The molecular formula is C13H22N2O5. The van der Waals surface area contributed by atoms with E-state index in [1.165, 1.54) is 16.8 Å². The van der Waals surface area contributed by atoms with E-state index in [-0.39, 0.29) is 25.7 Å². The highest BCUT2D eigenvalue weighted by atomic mass is 16.5. The van der Waals surface area contributed by atoms with Crippen molar-refractivity contribution in [2.24, 2.45) is 0 Å². The summed E-state index contributed by atoms with van der Waals surface area (Å²) in [6, 6.07) is -0.490. The molecule has 1 rings (SSSR count). The number of esters is 1. The molecule has 7 nitrogen and oxygen atoms in total. The Morgan fingerprint density at radius 3 is 2.30 bits per heavy atom. The van der Waals surface area contributed by atoms with E-state index >= 15 is 0 Å². The number of carbonyl (C=O) groups is 3. The molecule has 2 amide bonds. The van der Waals surface area contributed by atoms with Gasteiger partial charge in [-0.1, -0.05) is 12.8 Å². The summed E-state index contributed by atoms with van der Waals surface area (Å²) in [5, 5.41) is 8.94. The van der Waals surface area contributed by atoms with Crippen LogP contribution < -0.4 is 0 Å². The van der Waals surface area contributed by atoms with Crippen LogP contribution in [0.2, 0.25) is 0 Å². The molecule has 0 aromatic rings. The Balaban J connectivity index is 2.66. The molecule has 1 aliphatic carbocycles. The summed E-state index contributed by atoms with van der Waals surface area (Å²) in [5.41, 5.74) is 0. The third-order valence-corrected chi connectivity index (χ3v) is 3.31. The molecule has 0 aromatic heterocycles. The number of ether oxygens (including phenoxy) is 1. The van der Waals surface area contributed by atoms with Gasteiger partial charge in [0.25, 0.3) is 0 Å². The molecule has 1 aliphatic rings. The molecule has 0 radical (unpaired) electrons. The van der Waals surface area contributed by atoms with Crippen molar-refractivity contribution in [2.75, 3.05) is 26.7 Å². The van der Waals surface area contributed by atoms with Gasteiger partial charge in [-0.15, -0.1) is 0 Å². The topological polar surface area (TPSA) is 87.2 Å². The monoisotopic (exact) mass is 286 g/mol. The highest BCUT2D eigenvalue weighted by Crippen LogP contribution is 2.24. The Bertz CT molecular complexity index is 366. The van der Waals surface area contributed by atoms with Gasteiger partial charge in [0.15, 0.2) is 0 Å². The van der Waals surface area contributed by atoms with Gasteiger partial charge in [-0.25, -0.2) is 4.79 Å². The zero-order valence-electron chi connectivity index (χ0n) is 12.0. The Morgan fingerprint density at radius 2 is 1.80 bits per heavy atom. The van der Waals surface area contributed by atoms with E-state index in [1.54, 1.807) is 6.92 Å². The van der Waals surface area contributed by atoms with Crippen LogP contribution in [0.1, 0.15) is 32.6 Å². The fraction of sp³-hybridized carbons (Fsp3) is 0.769. The number of nitrogens with zero attached hydrogens (tertiary/aromatic N) is 2. The lowest BCUT2D eigenvalue weighted by Gasteiger charge is -2.31. The molecule has 0 spiro atoms. The lowest BCUT2D eigenvalue weighted by molar-refractivity contribution is -0.143. The van der Waals surface area contributed by atoms with Crippen LogP contribution in [0.4, 0.5) is 4.79 Å². The molecule has 1 fully saturated rings.